The number of aryl methyl sites for hydroxylation is 2. The van der Waals surface area contributed by atoms with Gasteiger partial charge in [0, 0.05) is 35.4 Å². The number of aliphatic hydroxyl groups is 1. The number of rotatable bonds is 13. The van der Waals surface area contributed by atoms with Crippen LogP contribution >= 0.6 is 11.3 Å². The van der Waals surface area contributed by atoms with Gasteiger partial charge in [-0.25, -0.2) is 4.79 Å². The van der Waals surface area contributed by atoms with Crippen molar-refractivity contribution in [3.8, 4) is 0 Å². The molecule has 0 spiro atoms. The average molecular weight is 634 g/mol. The van der Waals surface area contributed by atoms with E-state index >= 15 is 0 Å². The van der Waals surface area contributed by atoms with Crippen molar-refractivity contribution >= 4 is 39.5 Å². The Labute approximate surface area is 246 Å². The molecule has 6 N–H and O–H groups in total. The van der Waals surface area contributed by atoms with Crippen LogP contribution in [0.15, 0.2) is 30.5 Å². The van der Waals surface area contributed by atoms with Crippen molar-refractivity contribution < 1.29 is 52.2 Å². The fourth-order valence-corrected chi connectivity index (χ4v) is 5.91. The van der Waals surface area contributed by atoms with Crippen LogP contribution in [0.1, 0.15) is 55.7 Å². The number of carboxylic acids is 3. The van der Waals surface area contributed by atoms with Crippen LogP contribution in [0.5, 0.6) is 0 Å². The van der Waals surface area contributed by atoms with Crippen LogP contribution in [0, 0.1) is 17.5 Å². The molecule has 0 aliphatic carbocycles. The minimum absolute atomic E-state index is 0.151. The van der Waals surface area contributed by atoms with E-state index < -0.39 is 46.7 Å². The van der Waals surface area contributed by atoms with Crippen LogP contribution in [0.25, 0.3) is 0 Å². The lowest BCUT2D eigenvalue weighted by Gasteiger charge is -2.38. The zero-order valence-corrected chi connectivity index (χ0v) is 25.0. The average Bonchev–Trinajstić information content (AvgIpc) is 3.48. The molecule has 0 bridgehead atoms. The second-order valence-corrected chi connectivity index (χ2v) is 13.3. The fourth-order valence-electron chi connectivity index (χ4n) is 4.69. The second kappa shape index (κ2) is 14.0. The molecule has 0 aromatic carbocycles. The topological polar surface area (TPSA) is 215 Å². The molecule has 0 amide bonds. The molecule has 2 aromatic rings. The van der Waals surface area contributed by atoms with Crippen molar-refractivity contribution in [1.82, 2.24) is 14.6 Å². The highest BCUT2D eigenvalue weighted by Gasteiger charge is 2.44. The SMILES string of the molecule is Cc1ccc(C(C)(C)N2CC[C@@](CCc3ccc(F)s3)(CNS(=O)(=O)O)C2)cn1.O=C(O)CC(O)(CC(=O)O)C(=O)O. The zero-order chi connectivity index (χ0) is 31.9. The number of thiophene rings is 1. The quantitative estimate of drug-likeness (QED) is 0.175. The van der Waals surface area contributed by atoms with E-state index in [-0.39, 0.29) is 22.6 Å². The van der Waals surface area contributed by atoms with Crippen molar-refractivity contribution in [2.24, 2.45) is 5.41 Å². The number of hydrogen-bond donors (Lipinski definition) is 6. The van der Waals surface area contributed by atoms with Gasteiger partial charge in [-0.2, -0.15) is 17.5 Å². The number of likely N-dealkylation sites (tertiary alicyclic amines) is 1. The Kier molecular flexibility index (Phi) is 11.7. The van der Waals surface area contributed by atoms with Crippen LogP contribution < -0.4 is 4.72 Å². The molecule has 1 aliphatic rings. The van der Waals surface area contributed by atoms with E-state index in [1.807, 2.05) is 19.2 Å². The summed E-state index contributed by atoms with van der Waals surface area (Å²) in [5, 5.41) is 33.6. The highest BCUT2D eigenvalue weighted by Crippen LogP contribution is 2.41. The molecule has 0 saturated carbocycles. The first kappa shape index (κ1) is 35.2. The maximum absolute atomic E-state index is 13.3. The van der Waals surface area contributed by atoms with E-state index in [0.29, 0.717) is 19.4 Å². The van der Waals surface area contributed by atoms with Gasteiger partial charge in [0.05, 0.1) is 12.8 Å². The summed E-state index contributed by atoms with van der Waals surface area (Å²) in [5.74, 6) is -5.02. The lowest BCUT2D eigenvalue weighted by molar-refractivity contribution is -0.170. The van der Waals surface area contributed by atoms with Crippen LogP contribution in [0.3, 0.4) is 0 Å². The number of hydrogen-bond acceptors (Lipinski definition) is 9. The Balaban J connectivity index is 0.000000401. The molecule has 42 heavy (non-hydrogen) atoms. The number of aromatic nitrogens is 1. The third-order valence-electron chi connectivity index (χ3n) is 7.29. The molecule has 0 radical (unpaired) electrons. The highest BCUT2D eigenvalue weighted by atomic mass is 32.2. The summed E-state index contributed by atoms with van der Waals surface area (Å²) in [6, 6.07) is 7.30. The van der Waals surface area contributed by atoms with Gasteiger partial charge < -0.3 is 20.4 Å². The molecule has 3 rings (SSSR count). The summed E-state index contributed by atoms with van der Waals surface area (Å²) >= 11 is 1.12. The number of nitrogens with one attached hydrogen (secondary N) is 1. The summed E-state index contributed by atoms with van der Waals surface area (Å²) in [6.07, 6.45) is 1.76. The summed E-state index contributed by atoms with van der Waals surface area (Å²) in [4.78, 5) is 38.2. The molecule has 0 unspecified atom stereocenters. The lowest BCUT2D eigenvalue weighted by Crippen LogP contribution is -2.44. The molecular formula is C26H36FN3O10S2. The number of pyridine rings is 1. The smallest absolute Gasteiger partial charge is 0.336 e. The number of aliphatic carboxylic acids is 3. The van der Waals surface area contributed by atoms with Crippen LogP contribution in [-0.4, -0.2) is 86.4 Å². The van der Waals surface area contributed by atoms with E-state index in [1.165, 1.54) is 6.07 Å². The Morgan fingerprint density at radius 2 is 1.74 bits per heavy atom. The highest BCUT2D eigenvalue weighted by molar-refractivity contribution is 7.83. The molecule has 16 heteroatoms. The lowest BCUT2D eigenvalue weighted by atomic mass is 9.82. The third kappa shape index (κ3) is 10.4. The standard InChI is InChI=1S/C20H28FN3O3S2.C6H8O7/c1-15-4-5-16(12-22-15)19(2,3)24-11-10-20(14-24,13-23-29(25,26)27)9-8-17-6-7-18(21)28-17;7-3(8)1-6(13,5(11)12)2-4(9)10/h4-7,12,23H,8-11,13-14H2,1-3H3,(H,25,26,27);13H,1-2H2,(H,7,8)(H,9,10)(H,11,12)/t20-;/m0./s1. The normalized spacial score (nSPS) is 17.9. The molecule has 3 heterocycles. The van der Waals surface area contributed by atoms with Gasteiger partial charge in [0.15, 0.2) is 10.7 Å². The predicted octanol–water partition coefficient (Wildman–Crippen LogP) is 2.29. The summed E-state index contributed by atoms with van der Waals surface area (Å²) in [6.45, 7) is 7.85. The first-order chi connectivity index (χ1) is 19.3. The van der Waals surface area contributed by atoms with E-state index in [9.17, 15) is 31.7 Å². The largest absolute Gasteiger partial charge is 0.481 e. The molecular weight excluding hydrogens is 597 g/mol. The number of nitrogens with zero attached hydrogens (tertiary/aromatic N) is 2. The summed E-state index contributed by atoms with van der Waals surface area (Å²) in [5.41, 5.74) is -1.29. The van der Waals surface area contributed by atoms with Gasteiger partial charge in [-0.1, -0.05) is 6.07 Å². The number of carboxylic acid groups (broad SMARTS) is 3. The van der Waals surface area contributed by atoms with Gasteiger partial charge in [0.1, 0.15) is 0 Å². The maximum atomic E-state index is 13.3. The molecule has 1 atom stereocenters. The van der Waals surface area contributed by atoms with Crippen molar-refractivity contribution in [1.29, 1.82) is 0 Å². The van der Waals surface area contributed by atoms with Crippen LogP contribution in [0.2, 0.25) is 0 Å². The van der Waals surface area contributed by atoms with Crippen molar-refractivity contribution in [2.75, 3.05) is 19.6 Å². The molecule has 1 aliphatic heterocycles. The molecule has 234 valence electrons. The van der Waals surface area contributed by atoms with Gasteiger partial charge >= 0.3 is 28.2 Å². The van der Waals surface area contributed by atoms with E-state index in [4.69, 9.17) is 20.4 Å². The Bertz CT molecular complexity index is 1350. The predicted molar refractivity (Wildman–Crippen MR) is 150 cm³/mol. The second-order valence-electron chi connectivity index (χ2n) is 10.9. The number of carbonyl (C=O) groups is 3. The Hall–Kier alpha value is -3.02. The monoisotopic (exact) mass is 633 g/mol. The fraction of sp³-hybridized carbons (Fsp3) is 0.538. The van der Waals surface area contributed by atoms with Gasteiger partial charge in [0.25, 0.3) is 0 Å². The Morgan fingerprint density at radius 3 is 2.19 bits per heavy atom. The first-order valence-electron chi connectivity index (χ1n) is 12.8. The summed E-state index contributed by atoms with van der Waals surface area (Å²) in [7, 11) is -4.27. The van der Waals surface area contributed by atoms with Gasteiger partial charge in [-0.3, -0.25) is 24.0 Å². The number of halogens is 1. The van der Waals surface area contributed by atoms with Gasteiger partial charge in [-0.15, -0.1) is 11.3 Å². The minimum atomic E-state index is -4.27. The van der Waals surface area contributed by atoms with Gasteiger partial charge in [0.2, 0.25) is 0 Å². The van der Waals surface area contributed by atoms with Crippen molar-refractivity contribution in [3.05, 3.63) is 51.7 Å². The third-order valence-corrected chi connectivity index (χ3v) is 8.73. The first-order valence-corrected chi connectivity index (χ1v) is 15.1. The molecule has 1 saturated heterocycles. The van der Waals surface area contributed by atoms with Crippen LogP contribution in [0.4, 0.5) is 4.39 Å². The van der Waals surface area contributed by atoms with Crippen molar-refractivity contribution in [3.63, 3.8) is 0 Å². The molecule has 13 nitrogen and oxygen atoms in total. The minimum Gasteiger partial charge on any atom is -0.481 e. The molecule has 2 aromatic heterocycles. The van der Waals surface area contributed by atoms with Crippen molar-refractivity contribution in [2.45, 2.75) is 64.0 Å². The van der Waals surface area contributed by atoms with Crippen LogP contribution in [-0.2, 0) is 36.6 Å². The molecule has 1 fully saturated rings. The maximum Gasteiger partial charge on any atom is 0.336 e. The van der Waals surface area contributed by atoms with E-state index in [0.717, 1.165) is 40.4 Å². The zero-order valence-electron chi connectivity index (χ0n) is 23.4. The van der Waals surface area contributed by atoms with E-state index in [1.54, 1.807) is 6.07 Å². The van der Waals surface area contributed by atoms with E-state index in [2.05, 4.69) is 34.5 Å². The Morgan fingerprint density at radius 1 is 1.12 bits per heavy atom. The van der Waals surface area contributed by atoms with Gasteiger partial charge in [-0.05, 0) is 75.8 Å². The summed E-state index contributed by atoms with van der Waals surface area (Å²) < 4.78 is 47.5.